The van der Waals surface area contributed by atoms with E-state index in [2.05, 4.69) is 9.84 Å². The summed E-state index contributed by atoms with van der Waals surface area (Å²) in [6.45, 7) is 0.374. The highest BCUT2D eigenvalue weighted by atomic mass is 19.1. The summed E-state index contributed by atoms with van der Waals surface area (Å²) in [6, 6.07) is 5.92. The summed E-state index contributed by atoms with van der Waals surface area (Å²) >= 11 is 0. The minimum atomic E-state index is -1.06. The molecule has 6 nitrogen and oxygen atoms in total. The molecular formula is C15H13FN2O4. The normalized spacial score (nSPS) is 11.3. The van der Waals surface area contributed by atoms with Gasteiger partial charge in [-0.3, -0.25) is 9.48 Å². The molecule has 0 saturated carbocycles. The molecule has 0 radical (unpaired) electrons. The van der Waals surface area contributed by atoms with Gasteiger partial charge >= 0.3 is 5.97 Å². The molecule has 1 N–H and O–H groups in total. The van der Waals surface area contributed by atoms with E-state index in [1.807, 2.05) is 0 Å². The molecule has 22 heavy (non-hydrogen) atoms. The zero-order valence-electron chi connectivity index (χ0n) is 11.7. The lowest BCUT2D eigenvalue weighted by atomic mass is 10.2. The maximum absolute atomic E-state index is 12.8. The number of esters is 1. The molecule has 0 aliphatic heterocycles. The van der Waals surface area contributed by atoms with Crippen molar-refractivity contribution in [3.63, 3.8) is 0 Å². The van der Waals surface area contributed by atoms with Crippen molar-refractivity contribution in [2.24, 2.45) is 0 Å². The van der Waals surface area contributed by atoms with E-state index in [0.717, 1.165) is 18.7 Å². The van der Waals surface area contributed by atoms with E-state index in [9.17, 15) is 19.1 Å². The first-order valence-corrected chi connectivity index (χ1v) is 6.30. The van der Waals surface area contributed by atoms with Gasteiger partial charge in [-0.2, -0.15) is 5.10 Å². The summed E-state index contributed by atoms with van der Waals surface area (Å²) in [7, 11) is 1.08. The number of nitrogens with zero attached hydrogens (tertiary/aromatic N) is 2. The summed E-state index contributed by atoms with van der Waals surface area (Å²) in [4.78, 5) is 22.3. The average molecular weight is 304 g/mol. The van der Waals surface area contributed by atoms with E-state index < -0.39 is 11.8 Å². The maximum atomic E-state index is 12.8. The molecule has 0 aliphatic carbocycles. The van der Waals surface area contributed by atoms with Crippen LogP contribution in [-0.4, -0.2) is 33.7 Å². The average Bonchev–Trinajstić information content (AvgIpc) is 2.97. The van der Waals surface area contributed by atoms with E-state index in [1.165, 1.54) is 29.2 Å². The van der Waals surface area contributed by atoms with Crippen LogP contribution in [0.25, 0.3) is 5.76 Å². The first kappa shape index (κ1) is 15.4. The molecule has 7 heteroatoms. The predicted molar refractivity (Wildman–Crippen MR) is 75.4 cm³/mol. The van der Waals surface area contributed by atoms with Gasteiger partial charge in [0.2, 0.25) is 0 Å². The fraction of sp³-hybridized carbons (Fsp3) is 0.133. The van der Waals surface area contributed by atoms with Crippen LogP contribution < -0.4 is 0 Å². The Bertz CT molecular complexity index is 719. The number of ether oxygens (including phenoxy) is 1. The molecule has 0 spiro atoms. The highest BCUT2D eigenvalue weighted by Gasteiger charge is 2.13. The van der Waals surface area contributed by atoms with Crippen molar-refractivity contribution < 1.29 is 23.8 Å². The topological polar surface area (TPSA) is 81.4 Å². The molecule has 1 aromatic carbocycles. The number of hydrogen-bond donors (Lipinski definition) is 1. The van der Waals surface area contributed by atoms with Gasteiger partial charge in [0.15, 0.2) is 0 Å². The Morgan fingerprint density at radius 2 is 2.05 bits per heavy atom. The molecule has 0 fully saturated rings. The zero-order valence-corrected chi connectivity index (χ0v) is 11.7. The Hall–Kier alpha value is -2.96. The highest BCUT2D eigenvalue weighted by Crippen LogP contribution is 2.12. The van der Waals surface area contributed by atoms with Crippen LogP contribution in [0.1, 0.15) is 11.1 Å². The fourth-order valence-electron chi connectivity index (χ4n) is 1.73. The molecule has 2 aromatic rings. The number of hydrogen-bond acceptors (Lipinski definition) is 5. The first-order chi connectivity index (χ1) is 10.5. The van der Waals surface area contributed by atoms with Crippen LogP contribution in [0, 0.1) is 5.82 Å². The summed E-state index contributed by atoms with van der Waals surface area (Å²) in [5.41, 5.74) is 1.10. The Kier molecular flexibility index (Phi) is 4.67. The Morgan fingerprint density at radius 1 is 1.36 bits per heavy atom. The Morgan fingerprint density at radius 3 is 2.68 bits per heavy atom. The van der Waals surface area contributed by atoms with Crippen LogP contribution in [0.15, 0.2) is 42.7 Å². The van der Waals surface area contributed by atoms with E-state index in [4.69, 9.17) is 0 Å². The zero-order chi connectivity index (χ0) is 16.1. The van der Waals surface area contributed by atoms with Gasteiger partial charge in [-0.25, -0.2) is 9.18 Å². The maximum Gasteiger partial charge on any atom is 0.378 e. The lowest BCUT2D eigenvalue weighted by Gasteiger charge is -2.01. The number of carbonyl (C=O) groups excluding carboxylic acids is 2. The third-order valence-corrected chi connectivity index (χ3v) is 2.84. The fourth-order valence-corrected chi connectivity index (χ4v) is 1.73. The van der Waals surface area contributed by atoms with Crippen molar-refractivity contribution >= 4 is 17.5 Å². The van der Waals surface area contributed by atoms with Crippen LogP contribution in [0.5, 0.6) is 0 Å². The number of methoxy groups -OCH3 is 1. The van der Waals surface area contributed by atoms with Gasteiger partial charge in [0.05, 0.1) is 25.4 Å². The largest absolute Gasteiger partial charge is 0.507 e. The number of benzene rings is 1. The number of rotatable bonds is 5. The Balaban J connectivity index is 2.10. The van der Waals surface area contributed by atoms with Crippen LogP contribution in [0.2, 0.25) is 0 Å². The van der Waals surface area contributed by atoms with Crippen molar-refractivity contribution in [3.05, 3.63) is 59.7 Å². The van der Waals surface area contributed by atoms with Crippen molar-refractivity contribution in [2.45, 2.75) is 6.54 Å². The molecule has 0 bridgehead atoms. The number of aliphatic hydroxyl groups excluding tert-OH is 1. The monoisotopic (exact) mass is 304 g/mol. The van der Waals surface area contributed by atoms with E-state index in [0.29, 0.717) is 6.54 Å². The SMILES string of the molecule is COC(=O)C(=O)/C=C(\O)c1cnn(Cc2ccc(F)cc2)c1. The molecule has 0 aliphatic rings. The second kappa shape index (κ2) is 6.66. The molecule has 1 heterocycles. The number of carbonyl (C=O) groups is 2. The van der Waals surface area contributed by atoms with Crippen LogP contribution in [0.4, 0.5) is 4.39 Å². The molecule has 0 saturated heterocycles. The molecule has 1 aromatic heterocycles. The quantitative estimate of drug-likeness (QED) is 0.393. The molecule has 0 amide bonds. The predicted octanol–water partition coefficient (Wildman–Crippen LogP) is 1.71. The number of halogens is 1. The third kappa shape index (κ3) is 3.78. The van der Waals surface area contributed by atoms with E-state index in [1.54, 1.807) is 12.1 Å². The van der Waals surface area contributed by atoms with Gasteiger partial charge in [-0.15, -0.1) is 0 Å². The molecular weight excluding hydrogens is 291 g/mol. The van der Waals surface area contributed by atoms with E-state index >= 15 is 0 Å². The van der Waals surface area contributed by atoms with E-state index in [-0.39, 0.29) is 17.1 Å². The number of aromatic nitrogens is 2. The summed E-state index contributed by atoms with van der Waals surface area (Å²) in [6.07, 6.45) is 3.62. The lowest BCUT2D eigenvalue weighted by Crippen LogP contribution is -2.13. The van der Waals surface area contributed by atoms with Crippen LogP contribution in [-0.2, 0) is 20.9 Å². The van der Waals surface area contributed by atoms with Gasteiger partial charge in [0, 0.05) is 12.3 Å². The summed E-state index contributed by atoms with van der Waals surface area (Å²) in [5, 5.41) is 13.8. The minimum absolute atomic E-state index is 0.277. The first-order valence-electron chi connectivity index (χ1n) is 6.30. The van der Waals surface area contributed by atoms with Gasteiger partial charge in [-0.05, 0) is 17.7 Å². The van der Waals surface area contributed by atoms with Gasteiger partial charge in [-0.1, -0.05) is 12.1 Å². The van der Waals surface area contributed by atoms with Crippen molar-refractivity contribution in [3.8, 4) is 0 Å². The standard InChI is InChI=1S/C15H13FN2O4/c1-22-15(21)14(20)6-13(19)11-7-17-18(9-11)8-10-2-4-12(16)5-3-10/h2-7,9,19H,8H2,1H3/b13-6-. The Labute approximate surface area is 125 Å². The molecule has 0 unspecified atom stereocenters. The molecule has 114 valence electrons. The lowest BCUT2D eigenvalue weighted by molar-refractivity contribution is -0.149. The molecule has 2 rings (SSSR count). The second-order valence-corrected chi connectivity index (χ2v) is 4.44. The highest BCUT2D eigenvalue weighted by molar-refractivity contribution is 6.39. The second-order valence-electron chi connectivity index (χ2n) is 4.44. The minimum Gasteiger partial charge on any atom is -0.507 e. The van der Waals surface area contributed by atoms with Gasteiger partial charge in [0.25, 0.3) is 5.78 Å². The summed E-state index contributed by atoms with van der Waals surface area (Å²) < 4.78 is 18.6. The smallest absolute Gasteiger partial charge is 0.378 e. The van der Waals surface area contributed by atoms with Gasteiger partial charge < -0.3 is 9.84 Å². The van der Waals surface area contributed by atoms with Crippen molar-refractivity contribution in [1.29, 1.82) is 0 Å². The van der Waals surface area contributed by atoms with Crippen LogP contribution >= 0.6 is 0 Å². The molecule has 0 atom stereocenters. The number of ketones is 1. The van der Waals surface area contributed by atoms with Gasteiger partial charge in [0.1, 0.15) is 11.6 Å². The summed E-state index contributed by atoms with van der Waals surface area (Å²) in [5.74, 6) is -2.75. The van der Waals surface area contributed by atoms with Crippen LogP contribution in [0.3, 0.4) is 0 Å². The van der Waals surface area contributed by atoms with Crippen molar-refractivity contribution in [1.82, 2.24) is 9.78 Å². The third-order valence-electron chi connectivity index (χ3n) is 2.84. The number of aliphatic hydroxyl groups is 1. The van der Waals surface area contributed by atoms with Crippen molar-refractivity contribution in [2.75, 3.05) is 7.11 Å².